The molecule has 0 fully saturated rings. The number of fused-ring (bicyclic) bond motifs is 1. The van der Waals surface area contributed by atoms with Gasteiger partial charge in [-0.25, -0.2) is 0 Å². The number of hydrogen-bond donors (Lipinski definition) is 0. The quantitative estimate of drug-likeness (QED) is 0.819. The van der Waals surface area contributed by atoms with Crippen molar-refractivity contribution in [3.63, 3.8) is 0 Å². The molecule has 3 rings (SSSR count). The largest absolute Gasteiger partial charge is 0.496 e. The molecule has 0 bridgehead atoms. The Balaban J connectivity index is 1.69. The van der Waals surface area contributed by atoms with Crippen LogP contribution in [0.25, 0.3) is 0 Å². The highest BCUT2D eigenvalue weighted by Crippen LogP contribution is 2.28. The molecule has 0 saturated carbocycles. The number of hydrogen-bond acceptors (Lipinski definition) is 2. The molecule has 3 heteroatoms. The molecule has 2 nitrogen and oxygen atoms in total. The van der Waals surface area contributed by atoms with Crippen molar-refractivity contribution >= 4 is 15.9 Å². The summed E-state index contributed by atoms with van der Waals surface area (Å²) in [5, 5.41) is 0. The molecule has 104 valence electrons. The third-order valence-corrected chi connectivity index (χ3v) is 4.31. The number of methoxy groups -OCH3 is 1. The van der Waals surface area contributed by atoms with E-state index in [1.54, 1.807) is 7.11 Å². The highest BCUT2D eigenvalue weighted by atomic mass is 79.9. The monoisotopic (exact) mass is 332 g/mol. The van der Waals surface area contributed by atoms with Gasteiger partial charge in [-0.2, -0.15) is 0 Å². The summed E-state index contributed by atoms with van der Waals surface area (Å²) in [6, 6.07) is 12.5. The summed E-state index contributed by atoms with van der Waals surface area (Å²) in [5.41, 5.74) is 4.04. The van der Waals surface area contributed by atoms with Crippen LogP contribution in [0.15, 0.2) is 40.9 Å². The molecule has 1 aliphatic carbocycles. The van der Waals surface area contributed by atoms with Gasteiger partial charge >= 0.3 is 0 Å². The Morgan fingerprint density at radius 1 is 1.05 bits per heavy atom. The van der Waals surface area contributed by atoms with E-state index < -0.39 is 0 Å². The molecular weight excluding hydrogens is 316 g/mol. The fraction of sp³-hybridized carbons (Fsp3) is 0.294. The van der Waals surface area contributed by atoms with E-state index in [0.717, 1.165) is 21.5 Å². The van der Waals surface area contributed by atoms with Gasteiger partial charge in [0.15, 0.2) is 0 Å². The van der Waals surface area contributed by atoms with Crippen molar-refractivity contribution in [1.82, 2.24) is 0 Å². The lowest BCUT2D eigenvalue weighted by Crippen LogP contribution is -1.97. The fourth-order valence-corrected chi connectivity index (χ4v) is 3.19. The number of rotatable bonds is 4. The van der Waals surface area contributed by atoms with E-state index in [2.05, 4.69) is 34.1 Å². The Kier molecular flexibility index (Phi) is 3.97. The van der Waals surface area contributed by atoms with Crippen LogP contribution >= 0.6 is 15.9 Å². The maximum absolute atomic E-state index is 5.88. The molecule has 0 spiro atoms. The highest BCUT2D eigenvalue weighted by Gasteiger charge is 2.11. The molecule has 0 N–H and O–H groups in total. The molecule has 1 aliphatic rings. The van der Waals surface area contributed by atoms with Crippen molar-refractivity contribution in [2.24, 2.45) is 0 Å². The molecule has 2 aromatic carbocycles. The molecule has 0 unspecified atom stereocenters. The van der Waals surface area contributed by atoms with Gasteiger partial charge in [0, 0.05) is 0 Å². The van der Waals surface area contributed by atoms with Crippen molar-refractivity contribution in [3.05, 3.63) is 57.6 Å². The second-order valence-electron chi connectivity index (χ2n) is 5.04. The predicted octanol–water partition coefficient (Wildman–Crippen LogP) is 4.53. The molecule has 0 atom stereocenters. The third-order valence-electron chi connectivity index (χ3n) is 3.69. The predicted molar refractivity (Wildman–Crippen MR) is 83.5 cm³/mol. The van der Waals surface area contributed by atoms with Gasteiger partial charge in [0.2, 0.25) is 0 Å². The van der Waals surface area contributed by atoms with E-state index in [9.17, 15) is 0 Å². The standard InChI is InChI=1S/C17H17BrO2/c1-19-17-8-5-12(9-16(17)18)11-20-15-7-6-13-3-2-4-14(13)10-15/h5-10H,2-4,11H2,1H3. The van der Waals surface area contributed by atoms with E-state index in [4.69, 9.17) is 9.47 Å². The van der Waals surface area contributed by atoms with Gasteiger partial charge in [-0.3, -0.25) is 0 Å². The number of halogens is 1. The van der Waals surface area contributed by atoms with Crippen molar-refractivity contribution in [1.29, 1.82) is 0 Å². The van der Waals surface area contributed by atoms with Crippen LogP contribution < -0.4 is 9.47 Å². The van der Waals surface area contributed by atoms with E-state index in [1.807, 2.05) is 18.2 Å². The summed E-state index contributed by atoms with van der Waals surface area (Å²) >= 11 is 3.49. The zero-order valence-electron chi connectivity index (χ0n) is 11.5. The van der Waals surface area contributed by atoms with Crippen LogP contribution in [-0.2, 0) is 19.4 Å². The van der Waals surface area contributed by atoms with E-state index in [-0.39, 0.29) is 0 Å². The Bertz CT molecular complexity index is 622. The SMILES string of the molecule is COc1ccc(COc2ccc3c(c2)CCC3)cc1Br. The topological polar surface area (TPSA) is 18.5 Å². The summed E-state index contributed by atoms with van der Waals surface area (Å²) in [4.78, 5) is 0. The van der Waals surface area contributed by atoms with Gasteiger partial charge in [-0.05, 0) is 76.1 Å². The van der Waals surface area contributed by atoms with Crippen LogP contribution in [0.4, 0.5) is 0 Å². The van der Waals surface area contributed by atoms with Gasteiger partial charge in [0.25, 0.3) is 0 Å². The Morgan fingerprint density at radius 2 is 1.90 bits per heavy atom. The summed E-state index contributed by atoms with van der Waals surface area (Å²) in [6.07, 6.45) is 3.66. The Morgan fingerprint density at radius 3 is 2.70 bits per heavy atom. The van der Waals surface area contributed by atoms with Gasteiger partial charge in [0.05, 0.1) is 11.6 Å². The average molecular weight is 333 g/mol. The normalized spacial score (nSPS) is 13.1. The van der Waals surface area contributed by atoms with Crippen LogP contribution in [0, 0.1) is 0 Å². The first kappa shape index (κ1) is 13.5. The minimum absolute atomic E-state index is 0.571. The summed E-state index contributed by atoms with van der Waals surface area (Å²) in [5.74, 6) is 1.80. The van der Waals surface area contributed by atoms with Crippen LogP contribution in [0.1, 0.15) is 23.1 Å². The summed E-state index contributed by atoms with van der Waals surface area (Å²) in [6.45, 7) is 0.571. The maximum atomic E-state index is 5.88. The lowest BCUT2D eigenvalue weighted by atomic mass is 10.1. The minimum atomic E-state index is 0.571. The summed E-state index contributed by atoms with van der Waals surface area (Å²) in [7, 11) is 1.67. The average Bonchev–Trinajstić information content (AvgIpc) is 2.92. The van der Waals surface area contributed by atoms with Gasteiger partial charge in [0.1, 0.15) is 18.1 Å². The van der Waals surface area contributed by atoms with Crippen molar-refractivity contribution in [2.45, 2.75) is 25.9 Å². The third kappa shape index (κ3) is 2.83. The first-order valence-electron chi connectivity index (χ1n) is 6.83. The summed E-state index contributed by atoms with van der Waals surface area (Å²) < 4.78 is 12.1. The van der Waals surface area contributed by atoms with E-state index in [1.165, 1.54) is 30.4 Å². The smallest absolute Gasteiger partial charge is 0.133 e. The van der Waals surface area contributed by atoms with Gasteiger partial charge < -0.3 is 9.47 Å². The number of benzene rings is 2. The maximum Gasteiger partial charge on any atom is 0.133 e. The van der Waals surface area contributed by atoms with E-state index in [0.29, 0.717) is 6.61 Å². The highest BCUT2D eigenvalue weighted by molar-refractivity contribution is 9.10. The number of aryl methyl sites for hydroxylation is 2. The lowest BCUT2D eigenvalue weighted by molar-refractivity contribution is 0.305. The number of ether oxygens (including phenoxy) is 2. The second kappa shape index (κ2) is 5.88. The van der Waals surface area contributed by atoms with Crippen LogP contribution in [0.3, 0.4) is 0 Å². The lowest BCUT2D eigenvalue weighted by Gasteiger charge is -2.10. The molecule has 0 aliphatic heterocycles. The zero-order chi connectivity index (χ0) is 13.9. The van der Waals surface area contributed by atoms with E-state index >= 15 is 0 Å². The van der Waals surface area contributed by atoms with Crippen LogP contribution in [-0.4, -0.2) is 7.11 Å². The minimum Gasteiger partial charge on any atom is -0.496 e. The van der Waals surface area contributed by atoms with Gasteiger partial charge in [-0.1, -0.05) is 12.1 Å². The fourth-order valence-electron chi connectivity index (χ4n) is 2.60. The molecule has 20 heavy (non-hydrogen) atoms. The molecule has 0 heterocycles. The second-order valence-corrected chi connectivity index (χ2v) is 5.90. The first-order valence-corrected chi connectivity index (χ1v) is 7.62. The molecular formula is C17H17BrO2. The van der Waals surface area contributed by atoms with Crippen LogP contribution in [0.5, 0.6) is 11.5 Å². The van der Waals surface area contributed by atoms with Crippen molar-refractivity contribution < 1.29 is 9.47 Å². The molecule has 0 radical (unpaired) electrons. The van der Waals surface area contributed by atoms with Crippen molar-refractivity contribution in [3.8, 4) is 11.5 Å². The zero-order valence-corrected chi connectivity index (χ0v) is 13.1. The Hall–Kier alpha value is -1.48. The first-order chi connectivity index (χ1) is 9.76. The van der Waals surface area contributed by atoms with Gasteiger partial charge in [-0.15, -0.1) is 0 Å². The van der Waals surface area contributed by atoms with Crippen molar-refractivity contribution in [2.75, 3.05) is 7.11 Å². The molecule has 0 saturated heterocycles. The van der Waals surface area contributed by atoms with Crippen LogP contribution in [0.2, 0.25) is 0 Å². The molecule has 2 aromatic rings. The molecule has 0 amide bonds. The Labute approximate surface area is 127 Å². The molecule has 0 aromatic heterocycles.